The standard InChI is InChI=1S/C16H22N2O2S/c1-13-12-16(15-8-4-3-5-9-15)14(2)18(13)21(19,20)11-7-6-10-17/h3-5,8-9,13-14,16H,6-7,11-12H2,1-2H3/t13-,14-,16+/m0/s1. The minimum absolute atomic E-state index is 0.0114. The molecule has 0 aliphatic carbocycles. The van der Waals surface area contributed by atoms with Gasteiger partial charge in [-0.05, 0) is 32.3 Å². The lowest BCUT2D eigenvalue weighted by atomic mass is 9.92. The van der Waals surface area contributed by atoms with Crippen molar-refractivity contribution < 1.29 is 8.42 Å². The molecule has 1 saturated heterocycles. The van der Waals surface area contributed by atoms with Crippen LogP contribution < -0.4 is 0 Å². The Hall–Kier alpha value is -1.38. The first-order valence-corrected chi connectivity index (χ1v) is 9.01. The fraction of sp³-hybridized carbons (Fsp3) is 0.562. The van der Waals surface area contributed by atoms with Crippen LogP contribution in [0.3, 0.4) is 0 Å². The topological polar surface area (TPSA) is 61.2 Å². The molecule has 3 atom stereocenters. The van der Waals surface area contributed by atoms with E-state index in [4.69, 9.17) is 5.26 Å². The summed E-state index contributed by atoms with van der Waals surface area (Å²) in [5.74, 6) is 0.309. The Kier molecular flexibility index (Phi) is 5.02. The van der Waals surface area contributed by atoms with Gasteiger partial charge in [-0.1, -0.05) is 30.3 Å². The van der Waals surface area contributed by atoms with Gasteiger partial charge >= 0.3 is 0 Å². The summed E-state index contributed by atoms with van der Waals surface area (Å²) in [6.07, 6.45) is 1.55. The van der Waals surface area contributed by atoms with Crippen molar-refractivity contribution in [1.82, 2.24) is 4.31 Å². The maximum atomic E-state index is 12.5. The molecular formula is C16H22N2O2S. The second kappa shape index (κ2) is 6.59. The summed E-state index contributed by atoms with van der Waals surface area (Å²) in [6.45, 7) is 3.96. The zero-order valence-electron chi connectivity index (χ0n) is 12.6. The number of hydrogen-bond donors (Lipinski definition) is 0. The monoisotopic (exact) mass is 306 g/mol. The number of nitriles is 1. The molecular weight excluding hydrogens is 284 g/mol. The molecule has 1 heterocycles. The van der Waals surface area contributed by atoms with Gasteiger partial charge in [-0.3, -0.25) is 0 Å². The Labute approximate surface area is 127 Å². The van der Waals surface area contributed by atoms with Crippen LogP contribution in [0.15, 0.2) is 30.3 Å². The molecule has 0 bridgehead atoms. The third-order valence-electron chi connectivity index (χ3n) is 4.25. The fourth-order valence-electron chi connectivity index (χ4n) is 3.33. The van der Waals surface area contributed by atoms with Crippen LogP contribution in [0.25, 0.3) is 0 Å². The quantitative estimate of drug-likeness (QED) is 0.786. The van der Waals surface area contributed by atoms with Crippen molar-refractivity contribution >= 4 is 10.0 Å². The summed E-state index contributed by atoms with van der Waals surface area (Å²) in [5.41, 5.74) is 1.20. The maximum absolute atomic E-state index is 12.5. The van der Waals surface area contributed by atoms with Gasteiger partial charge in [0.25, 0.3) is 0 Å². The molecule has 0 spiro atoms. The Morgan fingerprint density at radius 1 is 1.29 bits per heavy atom. The Bertz CT molecular complexity index is 607. The number of sulfonamides is 1. The molecule has 1 aromatic carbocycles. The van der Waals surface area contributed by atoms with E-state index in [1.54, 1.807) is 4.31 Å². The molecule has 4 nitrogen and oxygen atoms in total. The first-order valence-electron chi connectivity index (χ1n) is 7.40. The van der Waals surface area contributed by atoms with Gasteiger partial charge in [0, 0.05) is 24.4 Å². The minimum atomic E-state index is -3.29. The Balaban J connectivity index is 2.17. The molecule has 2 rings (SSSR count). The molecule has 0 radical (unpaired) electrons. The van der Waals surface area contributed by atoms with E-state index in [0.717, 1.165) is 6.42 Å². The first-order chi connectivity index (χ1) is 9.97. The average Bonchev–Trinajstić information content (AvgIpc) is 2.75. The van der Waals surface area contributed by atoms with Crippen molar-refractivity contribution in [3.05, 3.63) is 35.9 Å². The molecule has 0 N–H and O–H groups in total. The second-order valence-corrected chi connectivity index (χ2v) is 7.74. The van der Waals surface area contributed by atoms with Crippen LogP contribution in [-0.4, -0.2) is 30.6 Å². The number of unbranched alkanes of at least 4 members (excludes halogenated alkanes) is 1. The van der Waals surface area contributed by atoms with E-state index in [1.165, 1.54) is 5.56 Å². The molecule has 0 saturated carbocycles. The van der Waals surface area contributed by atoms with Gasteiger partial charge in [-0.25, -0.2) is 8.42 Å². The van der Waals surface area contributed by atoms with E-state index in [0.29, 0.717) is 6.42 Å². The van der Waals surface area contributed by atoms with Crippen molar-refractivity contribution in [3.63, 3.8) is 0 Å². The minimum Gasteiger partial charge on any atom is -0.212 e. The zero-order valence-corrected chi connectivity index (χ0v) is 13.4. The smallest absolute Gasteiger partial charge is 0.212 e. The molecule has 1 aliphatic heterocycles. The first kappa shape index (κ1) is 16.0. The molecule has 114 valence electrons. The van der Waals surface area contributed by atoms with Gasteiger partial charge in [-0.15, -0.1) is 0 Å². The van der Waals surface area contributed by atoms with Crippen LogP contribution in [0.2, 0.25) is 0 Å². The van der Waals surface area contributed by atoms with Crippen LogP contribution in [0.5, 0.6) is 0 Å². The summed E-state index contributed by atoms with van der Waals surface area (Å²) in [4.78, 5) is 0. The normalized spacial score (nSPS) is 26.6. The zero-order chi connectivity index (χ0) is 15.5. The molecule has 1 aliphatic rings. The van der Waals surface area contributed by atoms with Gasteiger partial charge in [-0.2, -0.15) is 9.57 Å². The molecule has 0 unspecified atom stereocenters. The van der Waals surface area contributed by atoms with Crippen LogP contribution >= 0.6 is 0 Å². The predicted octanol–water partition coefficient (Wildman–Crippen LogP) is 2.89. The maximum Gasteiger partial charge on any atom is 0.214 e. The number of hydrogen-bond acceptors (Lipinski definition) is 3. The molecule has 0 aromatic heterocycles. The van der Waals surface area contributed by atoms with E-state index >= 15 is 0 Å². The molecule has 1 fully saturated rings. The SMILES string of the molecule is C[C@H]1C[C@@H](c2ccccc2)[C@H](C)N1S(=O)(=O)CCCC#N. The summed E-state index contributed by atoms with van der Waals surface area (Å²) in [5, 5.41) is 8.56. The lowest BCUT2D eigenvalue weighted by Crippen LogP contribution is -2.40. The van der Waals surface area contributed by atoms with Crippen LogP contribution in [0.4, 0.5) is 0 Å². The second-order valence-electron chi connectivity index (χ2n) is 5.75. The van der Waals surface area contributed by atoms with Crippen molar-refractivity contribution in [3.8, 4) is 6.07 Å². The number of rotatable bonds is 5. The van der Waals surface area contributed by atoms with E-state index < -0.39 is 10.0 Å². The lowest BCUT2D eigenvalue weighted by Gasteiger charge is -2.27. The summed E-state index contributed by atoms with van der Waals surface area (Å²) in [6, 6.07) is 12.1. The van der Waals surface area contributed by atoms with E-state index in [2.05, 4.69) is 12.1 Å². The number of nitrogens with zero attached hydrogens (tertiary/aromatic N) is 2. The molecule has 5 heteroatoms. The van der Waals surface area contributed by atoms with E-state index in [9.17, 15) is 8.42 Å². The highest BCUT2D eigenvalue weighted by atomic mass is 32.2. The highest BCUT2D eigenvalue weighted by Gasteiger charge is 2.42. The molecule has 21 heavy (non-hydrogen) atoms. The Morgan fingerprint density at radius 3 is 2.57 bits per heavy atom. The third-order valence-corrected chi connectivity index (χ3v) is 6.39. The van der Waals surface area contributed by atoms with E-state index in [-0.39, 0.29) is 30.2 Å². The fourth-order valence-corrected chi connectivity index (χ4v) is 5.34. The van der Waals surface area contributed by atoms with Crippen LogP contribution in [0.1, 0.15) is 44.6 Å². The van der Waals surface area contributed by atoms with Crippen molar-refractivity contribution in [2.75, 3.05) is 5.75 Å². The highest BCUT2D eigenvalue weighted by molar-refractivity contribution is 7.89. The summed E-state index contributed by atoms with van der Waals surface area (Å²) in [7, 11) is -3.29. The van der Waals surface area contributed by atoms with Crippen molar-refractivity contribution in [2.45, 2.75) is 51.1 Å². The average molecular weight is 306 g/mol. The van der Waals surface area contributed by atoms with Gasteiger partial charge in [0.2, 0.25) is 10.0 Å². The van der Waals surface area contributed by atoms with Crippen LogP contribution in [-0.2, 0) is 10.0 Å². The summed E-state index contributed by atoms with van der Waals surface area (Å²) < 4.78 is 26.7. The summed E-state index contributed by atoms with van der Waals surface area (Å²) >= 11 is 0. The molecule has 0 amide bonds. The van der Waals surface area contributed by atoms with E-state index in [1.807, 2.05) is 38.1 Å². The lowest BCUT2D eigenvalue weighted by molar-refractivity contribution is 0.343. The van der Waals surface area contributed by atoms with Gasteiger partial charge in [0.05, 0.1) is 11.8 Å². The molecule has 1 aromatic rings. The largest absolute Gasteiger partial charge is 0.214 e. The van der Waals surface area contributed by atoms with Crippen molar-refractivity contribution in [1.29, 1.82) is 5.26 Å². The van der Waals surface area contributed by atoms with Crippen molar-refractivity contribution in [2.24, 2.45) is 0 Å². The van der Waals surface area contributed by atoms with Crippen LogP contribution in [0, 0.1) is 11.3 Å². The highest BCUT2D eigenvalue weighted by Crippen LogP contribution is 2.39. The Morgan fingerprint density at radius 2 is 1.95 bits per heavy atom. The number of benzene rings is 1. The third kappa shape index (κ3) is 3.45. The van der Waals surface area contributed by atoms with Gasteiger partial charge in [0.1, 0.15) is 0 Å². The van der Waals surface area contributed by atoms with Gasteiger partial charge in [0.15, 0.2) is 0 Å². The van der Waals surface area contributed by atoms with Gasteiger partial charge < -0.3 is 0 Å². The predicted molar refractivity (Wildman–Crippen MR) is 83.2 cm³/mol.